The van der Waals surface area contributed by atoms with Gasteiger partial charge in [-0.2, -0.15) is 0 Å². The van der Waals surface area contributed by atoms with Crippen LogP contribution in [0.1, 0.15) is 81.9 Å². The smallest absolute Gasteiger partial charge is 0.329 e. The second-order valence-corrected chi connectivity index (χ2v) is 10.5. The van der Waals surface area contributed by atoms with Gasteiger partial charge in [0.15, 0.2) is 0 Å². The first-order chi connectivity index (χ1) is 15.4. The van der Waals surface area contributed by atoms with E-state index in [2.05, 4.69) is 30.7 Å². The van der Waals surface area contributed by atoms with Gasteiger partial charge in [-0.15, -0.1) is 0 Å². The fraction of sp³-hybridized carbons (Fsp3) is 0.538. The number of carboxylic acids is 1. The Balaban J connectivity index is 2.12. The zero-order valence-electron chi connectivity index (χ0n) is 20.6. The van der Waals surface area contributed by atoms with E-state index in [-0.39, 0.29) is 29.2 Å². The van der Waals surface area contributed by atoms with Gasteiger partial charge in [0.05, 0.1) is 12.8 Å². The lowest BCUT2D eigenvalue weighted by atomic mass is 9.83. The maximum Gasteiger partial charge on any atom is 0.329 e. The van der Waals surface area contributed by atoms with Gasteiger partial charge < -0.3 is 14.7 Å². The molecule has 0 bridgehead atoms. The van der Waals surface area contributed by atoms with Crippen LogP contribution >= 0.6 is 0 Å². The number of ether oxygens (including phenoxy) is 1. The first kappa shape index (κ1) is 24.7. The number of aliphatic carboxylic acids is 1. The molecule has 1 aliphatic rings. The molecular formula is C26H35N3O4. The van der Waals surface area contributed by atoms with E-state index in [1.807, 2.05) is 26.8 Å². The SMILES string of the molecule is COc1cc(C(=O)N2[C@@H](C)[C@@H](c3cnccn3)C[C@@]2(CC(C)C)C(=O)O)ccc1C(C)(C)C. The van der Waals surface area contributed by atoms with Crippen molar-refractivity contribution in [2.45, 2.75) is 77.3 Å². The molecule has 2 aromatic rings. The van der Waals surface area contributed by atoms with Crippen molar-refractivity contribution in [3.05, 3.63) is 53.6 Å². The third-order valence-electron chi connectivity index (χ3n) is 6.59. The molecule has 0 radical (unpaired) electrons. The van der Waals surface area contributed by atoms with Gasteiger partial charge in [0, 0.05) is 36.1 Å². The minimum atomic E-state index is -1.33. The number of carboxylic acid groups (broad SMARTS) is 1. The number of amides is 1. The Morgan fingerprint density at radius 1 is 1.27 bits per heavy atom. The van der Waals surface area contributed by atoms with Crippen LogP contribution in [0.15, 0.2) is 36.8 Å². The minimum Gasteiger partial charge on any atom is -0.496 e. The number of likely N-dealkylation sites (tertiary alicyclic amines) is 1. The van der Waals surface area contributed by atoms with Crippen LogP contribution in [0.5, 0.6) is 5.75 Å². The van der Waals surface area contributed by atoms with Crippen LogP contribution in [0.25, 0.3) is 0 Å². The van der Waals surface area contributed by atoms with E-state index in [1.165, 1.54) is 0 Å². The van der Waals surface area contributed by atoms with Gasteiger partial charge in [0.25, 0.3) is 5.91 Å². The number of benzene rings is 1. The highest BCUT2D eigenvalue weighted by Crippen LogP contribution is 2.47. The van der Waals surface area contributed by atoms with Crippen LogP contribution in [-0.4, -0.2) is 50.5 Å². The van der Waals surface area contributed by atoms with Gasteiger partial charge in [0.1, 0.15) is 11.3 Å². The number of rotatable bonds is 6. The Labute approximate surface area is 196 Å². The average molecular weight is 454 g/mol. The minimum absolute atomic E-state index is 0.0852. The van der Waals surface area contributed by atoms with Gasteiger partial charge in [-0.3, -0.25) is 14.8 Å². The molecule has 1 N–H and O–H groups in total. The summed E-state index contributed by atoms with van der Waals surface area (Å²) >= 11 is 0. The molecule has 178 valence electrons. The fourth-order valence-corrected chi connectivity index (χ4v) is 5.15. The Kier molecular flexibility index (Phi) is 6.82. The number of hydrogen-bond donors (Lipinski definition) is 1. The average Bonchev–Trinajstić information content (AvgIpc) is 3.05. The molecule has 3 atom stereocenters. The predicted octanol–water partition coefficient (Wildman–Crippen LogP) is 4.67. The summed E-state index contributed by atoms with van der Waals surface area (Å²) in [6, 6.07) is 5.04. The topological polar surface area (TPSA) is 92.6 Å². The number of carbonyl (C=O) groups is 2. The highest BCUT2D eigenvalue weighted by molar-refractivity contribution is 5.99. The lowest BCUT2D eigenvalue weighted by Crippen LogP contribution is -2.56. The van der Waals surface area contributed by atoms with Gasteiger partial charge in [-0.05, 0) is 48.8 Å². The summed E-state index contributed by atoms with van der Waals surface area (Å²) in [6.07, 6.45) is 5.51. The predicted molar refractivity (Wildman–Crippen MR) is 127 cm³/mol. The van der Waals surface area contributed by atoms with E-state index in [1.54, 1.807) is 42.7 Å². The zero-order valence-corrected chi connectivity index (χ0v) is 20.6. The monoisotopic (exact) mass is 453 g/mol. The second kappa shape index (κ2) is 9.12. The third kappa shape index (κ3) is 4.59. The summed E-state index contributed by atoms with van der Waals surface area (Å²) in [5.41, 5.74) is 0.618. The van der Waals surface area contributed by atoms with Crippen molar-refractivity contribution >= 4 is 11.9 Å². The first-order valence-electron chi connectivity index (χ1n) is 11.4. The molecule has 33 heavy (non-hydrogen) atoms. The van der Waals surface area contributed by atoms with E-state index in [9.17, 15) is 14.7 Å². The lowest BCUT2D eigenvalue weighted by Gasteiger charge is -2.38. The highest BCUT2D eigenvalue weighted by Gasteiger charge is 2.57. The van der Waals surface area contributed by atoms with E-state index < -0.39 is 11.5 Å². The van der Waals surface area contributed by atoms with Gasteiger partial charge in [-0.25, -0.2) is 4.79 Å². The molecule has 0 aliphatic carbocycles. The summed E-state index contributed by atoms with van der Waals surface area (Å²) < 4.78 is 5.60. The third-order valence-corrected chi connectivity index (χ3v) is 6.59. The van der Waals surface area contributed by atoms with Crippen molar-refractivity contribution in [1.29, 1.82) is 0 Å². The van der Waals surface area contributed by atoms with Gasteiger partial charge in [0.2, 0.25) is 0 Å². The molecule has 1 amide bonds. The van der Waals surface area contributed by atoms with Crippen LogP contribution in [0.2, 0.25) is 0 Å². The molecule has 0 unspecified atom stereocenters. The van der Waals surface area contributed by atoms with E-state index in [0.29, 0.717) is 29.8 Å². The number of methoxy groups -OCH3 is 1. The van der Waals surface area contributed by atoms with Crippen molar-refractivity contribution in [3.63, 3.8) is 0 Å². The largest absolute Gasteiger partial charge is 0.496 e. The lowest BCUT2D eigenvalue weighted by molar-refractivity contribution is -0.150. The molecule has 1 fully saturated rings. The van der Waals surface area contributed by atoms with Crippen LogP contribution in [0.4, 0.5) is 0 Å². The zero-order chi connectivity index (χ0) is 24.6. The van der Waals surface area contributed by atoms with Crippen LogP contribution < -0.4 is 4.74 Å². The molecule has 7 nitrogen and oxygen atoms in total. The molecule has 1 saturated heterocycles. The number of aromatic nitrogens is 2. The Hall–Kier alpha value is -2.96. The summed E-state index contributed by atoms with van der Waals surface area (Å²) in [7, 11) is 1.59. The molecule has 1 aromatic heterocycles. The highest BCUT2D eigenvalue weighted by atomic mass is 16.5. The van der Waals surface area contributed by atoms with E-state index >= 15 is 0 Å². The van der Waals surface area contributed by atoms with Gasteiger partial charge >= 0.3 is 5.97 Å². The van der Waals surface area contributed by atoms with Gasteiger partial charge in [-0.1, -0.05) is 40.7 Å². The quantitative estimate of drug-likeness (QED) is 0.683. The van der Waals surface area contributed by atoms with Crippen molar-refractivity contribution in [2.24, 2.45) is 5.92 Å². The normalized spacial score (nSPS) is 23.1. The number of hydrogen-bond acceptors (Lipinski definition) is 5. The molecule has 2 heterocycles. The Morgan fingerprint density at radius 3 is 2.48 bits per heavy atom. The second-order valence-electron chi connectivity index (χ2n) is 10.5. The van der Waals surface area contributed by atoms with Crippen LogP contribution in [0.3, 0.4) is 0 Å². The van der Waals surface area contributed by atoms with E-state index in [4.69, 9.17) is 4.74 Å². The maximum absolute atomic E-state index is 13.9. The first-order valence-corrected chi connectivity index (χ1v) is 11.4. The fourth-order valence-electron chi connectivity index (χ4n) is 5.15. The Bertz CT molecular complexity index is 1020. The van der Waals surface area contributed by atoms with E-state index in [0.717, 1.165) is 5.56 Å². The summed E-state index contributed by atoms with van der Waals surface area (Å²) in [5, 5.41) is 10.5. The van der Waals surface area contributed by atoms with Crippen LogP contribution in [-0.2, 0) is 10.2 Å². The van der Waals surface area contributed by atoms with Crippen molar-refractivity contribution in [3.8, 4) is 5.75 Å². The molecule has 1 aromatic carbocycles. The standard InChI is InChI=1S/C26H35N3O4/c1-16(2)13-26(24(31)32)14-19(21-15-27-10-11-28-21)17(3)29(26)23(30)18-8-9-20(25(4,5)6)22(12-18)33-7/h8-12,15-17,19H,13-14H2,1-7H3,(H,31,32)/t17-,19-,26-/m0/s1. The molecular weight excluding hydrogens is 418 g/mol. The maximum atomic E-state index is 13.9. The molecule has 0 saturated carbocycles. The number of carbonyl (C=O) groups excluding carboxylic acids is 1. The summed E-state index contributed by atoms with van der Waals surface area (Å²) in [4.78, 5) is 36.9. The van der Waals surface area contributed by atoms with Crippen molar-refractivity contribution in [2.75, 3.05) is 7.11 Å². The molecule has 1 aliphatic heterocycles. The molecule has 0 spiro atoms. The molecule has 3 rings (SSSR count). The van der Waals surface area contributed by atoms with Crippen molar-refractivity contribution < 1.29 is 19.4 Å². The summed E-state index contributed by atoms with van der Waals surface area (Å²) in [6.45, 7) is 12.1. The number of nitrogens with zero attached hydrogens (tertiary/aromatic N) is 3. The summed E-state index contributed by atoms with van der Waals surface area (Å²) in [5.74, 6) is -0.817. The Morgan fingerprint density at radius 2 is 1.97 bits per heavy atom. The van der Waals surface area contributed by atoms with Crippen molar-refractivity contribution in [1.82, 2.24) is 14.9 Å². The van der Waals surface area contributed by atoms with Crippen LogP contribution in [0, 0.1) is 5.92 Å². The molecule has 7 heteroatoms.